The summed E-state index contributed by atoms with van der Waals surface area (Å²) in [7, 11) is -3.68. The molecule has 0 aliphatic heterocycles. The lowest BCUT2D eigenvalue weighted by Crippen LogP contribution is -2.14. The van der Waals surface area contributed by atoms with Gasteiger partial charge in [0.05, 0.1) is 6.61 Å². The molecule has 0 saturated heterocycles. The number of hydrogen-bond acceptors (Lipinski definition) is 5. The van der Waals surface area contributed by atoms with Gasteiger partial charge in [0.15, 0.2) is 6.11 Å². The van der Waals surface area contributed by atoms with Crippen LogP contribution in [0.25, 0.3) is 0 Å². The maximum atomic E-state index is 11.0. The molecule has 14 heavy (non-hydrogen) atoms. The maximum absolute atomic E-state index is 11.0. The molecule has 0 bridgehead atoms. The molecular weight excluding hydrogens is 208 g/mol. The van der Waals surface area contributed by atoms with Crippen LogP contribution < -0.4 is 0 Å². The summed E-state index contributed by atoms with van der Waals surface area (Å²) >= 11 is 0. The standard InChI is InChI=1S/C8H14O5S/c1-3-5-6-12-13-14(9,10)8-7-11-4-2/h3-4,7-8H2,1-2H3. The second kappa shape index (κ2) is 7.62. The average Bonchev–Trinajstić information content (AvgIpc) is 2.13. The maximum Gasteiger partial charge on any atom is 0.306 e. The van der Waals surface area contributed by atoms with Crippen molar-refractivity contribution < 1.29 is 22.4 Å². The fourth-order valence-corrected chi connectivity index (χ4v) is 1.04. The van der Waals surface area contributed by atoms with Crippen LogP contribution in [0.3, 0.4) is 0 Å². The van der Waals surface area contributed by atoms with E-state index in [-0.39, 0.29) is 12.4 Å². The van der Waals surface area contributed by atoms with Crippen LogP contribution in [0.2, 0.25) is 0 Å². The normalized spacial score (nSPS) is 10.4. The minimum absolute atomic E-state index is 0.0867. The molecular formula is C8H14O5S. The van der Waals surface area contributed by atoms with Gasteiger partial charge >= 0.3 is 10.1 Å². The Kier molecular flexibility index (Phi) is 7.20. The molecule has 82 valence electrons. The first-order chi connectivity index (χ1) is 6.62. The quantitative estimate of drug-likeness (QED) is 0.286. The lowest BCUT2D eigenvalue weighted by molar-refractivity contribution is -0.127. The van der Waals surface area contributed by atoms with Gasteiger partial charge in [-0.25, -0.2) is 0 Å². The first-order valence-corrected chi connectivity index (χ1v) is 5.83. The Morgan fingerprint density at radius 2 is 2.00 bits per heavy atom. The molecule has 0 unspecified atom stereocenters. The zero-order chi connectivity index (χ0) is 10.9. The van der Waals surface area contributed by atoms with E-state index in [4.69, 9.17) is 4.74 Å². The van der Waals surface area contributed by atoms with Gasteiger partial charge in [0.25, 0.3) is 0 Å². The number of rotatable bonds is 6. The molecule has 0 aromatic rings. The molecule has 5 nitrogen and oxygen atoms in total. The number of ether oxygens (including phenoxy) is 1. The highest BCUT2D eigenvalue weighted by atomic mass is 32.2. The molecule has 0 spiro atoms. The van der Waals surface area contributed by atoms with Gasteiger partial charge in [0.1, 0.15) is 5.75 Å². The highest BCUT2D eigenvalue weighted by Gasteiger charge is 2.11. The summed E-state index contributed by atoms with van der Waals surface area (Å²) in [5.74, 6) is 2.25. The summed E-state index contributed by atoms with van der Waals surface area (Å²) in [5.41, 5.74) is 0. The van der Waals surface area contributed by atoms with E-state index in [2.05, 4.69) is 21.2 Å². The molecule has 0 rings (SSSR count). The first kappa shape index (κ1) is 13.2. The predicted molar refractivity (Wildman–Crippen MR) is 50.5 cm³/mol. The lowest BCUT2D eigenvalue weighted by atomic mass is 10.5. The Bertz CT molecular complexity index is 285. The van der Waals surface area contributed by atoms with E-state index < -0.39 is 10.1 Å². The fourth-order valence-electron chi connectivity index (χ4n) is 0.510. The summed E-state index contributed by atoms with van der Waals surface area (Å²) in [6, 6.07) is 0. The minimum atomic E-state index is -3.68. The summed E-state index contributed by atoms with van der Waals surface area (Å²) in [4.78, 5) is 4.16. The third-order valence-electron chi connectivity index (χ3n) is 1.11. The van der Waals surface area contributed by atoms with Crippen molar-refractivity contribution in [3.05, 3.63) is 0 Å². The van der Waals surface area contributed by atoms with E-state index in [0.717, 1.165) is 0 Å². The van der Waals surface area contributed by atoms with Gasteiger partial charge in [0.2, 0.25) is 0 Å². The van der Waals surface area contributed by atoms with E-state index in [1.807, 2.05) is 0 Å². The summed E-state index contributed by atoms with van der Waals surface area (Å²) in [6.07, 6.45) is 2.66. The van der Waals surface area contributed by atoms with Crippen LogP contribution >= 0.6 is 0 Å². The Morgan fingerprint density at radius 1 is 1.29 bits per heavy atom. The van der Waals surface area contributed by atoms with Gasteiger partial charge in [-0.3, -0.25) is 4.89 Å². The Balaban J connectivity index is 3.73. The van der Waals surface area contributed by atoms with Crippen molar-refractivity contribution in [2.45, 2.75) is 20.3 Å². The highest BCUT2D eigenvalue weighted by molar-refractivity contribution is 7.86. The van der Waals surface area contributed by atoms with Crippen molar-refractivity contribution in [3.63, 3.8) is 0 Å². The van der Waals surface area contributed by atoms with E-state index in [1.165, 1.54) is 0 Å². The van der Waals surface area contributed by atoms with Crippen LogP contribution in [0.4, 0.5) is 0 Å². The molecule has 0 radical (unpaired) electrons. The van der Waals surface area contributed by atoms with Gasteiger partial charge < -0.3 is 4.74 Å². The van der Waals surface area contributed by atoms with Gasteiger partial charge in [-0.2, -0.15) is 8.42 Å². The Labute approximate surface area is 84.4 Å². The molecule has 0 amide bonds. The first-order valence-electron chi connectivity index (χ1n) is 4.25. The van der Waals surface area contributed by atoms with Gasteiger partial charge in [0, 0.05) is 13.0 Å². The third kappa shape index (κ3) is 7.86. The largest absolute Gasteiger partial charge is 0.381 e. The van der Waals surface area contributed by atoms with Crippen LogP contribution in [0, 0.1) is 12.0 Å². The van der Waals surface area contributed by atoms with Crippen molar-refractivity contribution >= 4 is 10.1 Å². The molecule has 0 saturated carbocycles. The molecule has 0 aromatic heterocycles. The van der Waals surface area contributed by atoms with Gasteiger partial charge in [-0.15, -0.1) is 0 Å². The molecule has 0 fully saturated rings. The molecule has 0 aliphatic carbocycles. The SMILES string of the molecule is CCC#COOS(=O)(=O)CCOCC. The predicted octanol–water partition coefficient (Wildman–Crippen LogP) is 0.672. The highest BCUT2D eigenvalue weighted by Crippen LogP contribution is 1.94. The van der Waals surface area contributed by atoms with E-state index >= 15 is 0 Å². The van der Waals surface area contributed by atoms with Crippen LogP contribution in [0.15, 0.2) is 0 Å². The Hall–Kier alpha value is -0.770. The lowest BCUT2D eigenvalue weighted by Gasteiger charge is -2.00. The van der Waals surface area contributed by atoms with Crippen LogP contribution in [0.5, 0.6) is 0 Å². The zero-order valence-corrected chi connectivity index (χ0v) is 9.09. The topological polar surface area (TPSA) is 61.8 Å². The third-order valence-corrected chi connectivity index (χ3v) is 2.05. The summed E-state index contributed by atoms with van der Waals surface area (Å²) < 4.78 is 30.9. The molecule has 6 heteroatoms. The molecule has 0 atom stereocenters. The molecule has 0 aromatic carbocycles. The van der Waals surface area contributed by atoms with Crippen molar-refractivity contribution in [1.82, 2.24) is 0 Å². The van der Waals surface area contributed by atoms with Crippen LogP contribution in [-0.4, -0.2) is 27.4 Å². The fraction of sp³-hybridized carbons (Fsp3) is 0.750. The van der Waals surface area contributed by atoms with E-state index in [0.29, 0.717) is 13.0 Å². The average molecular weight is 222 g/mol. The monoisotopic (exact) mass is 222 g/mol. The molecule has 0 heterocycles. The van der Waals surface area contributed by atoms with Gasteiger partial charge in [-0.1, -0.05) is 12.8 Å². The summed E-state index contributed by atoms with van der Waals surface area (Å²) in [5, 5.41) is 0. The number of hydrogen-bond donors (Lipinski definition) is 0. The van der Waals surface area contributed by atoms with Gasteiger partial charge in [-0.05, 0) is 11.3 Å². The smallest absolute Gasteiger partial charge is 0.306 e. The van der Waals surface area contributed by atoms with E-state index in [1.54, 1.807) is 13.8 Å². The Morgan fingerprint density at radius 3 is 2.57 bits per heavy atom. The molecule has 0 N–H and O–H groups in total. The van der Waals surface area contributed by atoms with Crippen molar-refractivity contribution in [1.29, 1.82) is 0 Å². The van der Waals surface area contributed by atoms with Crippen LogP contribution in [-0.2, 0) is 24.1 Å². The second-order valence-corrected chi connectivity index (χ2v) is 3.90. The van der Waals surface area contributed by atoms with Crippen LogP contribution in [0.1, 0.15) is 20.3 Å². The zero-order valence-electron chi connectivity index (χ0n) is 8.28. The van der Waals surface area contributed by atoms with Crippen molar-refractivity contribution in [3.8, 4) is 12.0 Å². The second-order valence-electron chi connectivity index (χ2n) is 2.24. The van der Waals surface area contributed by atoms with E-state index in [9.17, 15) is 8.42 Å². The van der Waals surface area contributed by atoms with Crippen molar-refractivity contribution in [2.24, 2.45) is 0 Å². The minimum Gasteiger partial charge on any atom is -0.381 e. The molecule has 0 aliphatic rings. The summed E-state index contributed by atoms with van der Waals surface area (Å²) in [6.45, 7) is 4.13. The van der Waals surface area contributed by atoms with Crippen molar-refractivity contribution in [2.75, 3.05) is 19.0 Å².